The molecule has 8 heteroatoms. The lowest BCUT2D eigenvalue weighted by Crippen LogP contribution is -2.29. The van der Waals surface area contributed by atoms with E-state index in [0.717, 1.165) is 6.07 Å². The van der Waals surface area contributed by atoms with Crippen LogP contribution in [-0.2, 0) is 6.18 Å². The van der Waals surface area contributed by atoms with E-state index in [9.17, 15) is 18.3 Å². The fourth-order valence-electron chi connectivity index (χ4n) is 2.11. The van der Waals surface area contributed by atoms with Crippen molar-refractivity contribution in [3.63, 3.8) is 0 Å². The van der Waals surface area contributed by atoms with E-state index in [1.165, 1.54) is 0 Å². The molecule has 19 heavy (non-hydrogen) atoms. The van der Waals surface area contributed by atoms with E-state index < -0.39 is 17.8 Å². The van der Waals surface area contributed by atoms with Gasteiger partial charge in [0.15, 0.2) is 5.69 Å². The maximum Gasteiger partial charge on any atom is 0.433 e. The number of aromatic nitrogens is 2. The maximum atomic E-state index is 12.6. The Balaban J connectivity index is 2.10. The minimum atomic E-state index is -4.55. The predicted octanol–water partition coefficient (Wildman–Crippen LogP) is 1.79. The van der Waals surface area contributed by atoms with Gasteiger partial charge >= 0.3 is 6.18 Å². The first-order chi connectivity index (χ1) is 8.84. The molecule has 1 aromatic rings. The monoisotopic (exact) mass is 276 g/mol. The van der Waals surface area contributed by atoms with Gasteiger partial charge in [0, 0.05) is 12.1 Å². The summed E-state index contributed by atoms with van der Waals surface area (Å²) in [7, 11) is 0. The van der Waals surface area contributed by atoms with E-state index in [1.54, 1.807) is 0 Å². The van der Waals surface area contributed by atoms with Gasteiger partial charge in [0.2, 0.25) is 5.95 Å². The number of aliphatic hydroxyl groups is 1. The van der Waals surface area contributed by atoms with Gasteiger partial charge in [0.1, 0.15) is 5.82 Å². The standard InChI is InChI=1S/C11H15F3N4O/c12-11(13,14)8-5-9(18-10(15)17-8)16-6-1-3-7(19)4-2-6/h5-7,19H,1-4H2,(H3,15,16,17,18). The lowest BCUT2D eigenvalue weighted by Gasteiger charge is -2.26. The third-order valence-corrected chi connectivity index (χ3v) is 3.08. The van der Waals surface area contributed by atoms with E-state index in [-0.39, 0.29) is 18.0 Å². The van der Waals surface area contributed by atoms with E-state index in [4.69, 9.17) is 5.73 Å². The number of nitrogens with zero attached hydrogens (tertiary/aromatic N) is 2. The number of hydrogen-bond donors (Lipinski definition) is 3. The molecule has 0 aliphatic heterocycles. The van der Waals surface area contributed by atoms with Crippen LogP contribution in [0, 0.1) is 0 Å². The molecular formula is C11H15F3N4O. The van der Waals surface area contributed by atoms with Gasteiger partial charge in [0.05, 0.1) is 6.10 Å². The minimum absolute atomic E-state index is 0.00113. The molecule has 1 aliphatic rings. The lowest BCUT2D eigenvalue weighted by atomic mass is 9.93. The Morgan fingerprint density at radius 1 is 1.21 bits per heavy atom. The Kier molecular flexibility index (Phi) is 3.79. The molecule has 1 aromatic heterocycles. The first kappa shape index (κ1) is 13.9. The van der Waals surface area contributed by atoms with Crippen LogP contribution in [0.2, 0.25) is 0 Å². The number of anilines is 2. The molecule has 2 rings (SSSR count). The summed E-state index contributed by atoms with van der Waals surface area (Å²) in [5.41, 5.74) is 4.22. The number of aliphatic hydroxyl groups excluding tert-OH is 1. The highest BCUT2D eigenvalue weighted by Crippen LogP contribution is 2.30. The third kappa shape index (κ3) is 3.69. The SMILES string of the molecule is Nc1nc(NC2CCC(O)CC2)cc(C(F)(F)F)n1. The molecule has 1 fully saturated rings. The van der Waals surface area contributed by atoms with Crippen LogP contribution in [0.5, 0.6) is 0 Å². The van der Waals surface area contributed by atoms with Gasteiger partial charge in [-0.25, -0.2) is 4.98 Å². The highest BCUT2D eigenvalue weighted by Gasteiger charge is 2.33. The zero-order chi connectivity index (χ0) is 14.0. The van der Waals surface area contributed by atoms with Crippen molar-refractivity contribution >= 4 is 11.8 Å². The summed E-state index contributed by atoms with van der Waals surface area (Å²) in [4.78, 5) is 6.93. The molecule has 0 unspecified atom stereocenters. The Morgan fingerprint density at radius 2 is 1.84 bits per heavy atom. The average Bonchev–Trinajstić information content (AvgIpc) is 2.30. The van der Waals surface area contributed by atoms with Crippen molar-refractivity contribution in [2.45, 2.75) is 44.0 Å². The molecule has 0 atom stereocenters. The van der Waals surface area contributed by atoms with Gasteiger partial charge in [-0.1, -0.05) is 0 Å². The summed E-state index contributed by atoms with van der Waals surface area (Å²) in [5, 5.41) is 12.3. The smallest absolute Gasteiger partial charge is 0.393 e. The van der Waals surface area contributed by atoms with Gasteiger partial charge in [0.25, 0.3) is 0 Å². The van der Waals surface area contributed by atoms with Crippen molar-refractivity contribution in [3.8, 4) is 0 Å². The van der Waals surface area contributed by atoms with Gasteiger partial charge in [-0.15, -0.1) is 0 Å². The van der Waals surface area contributed by atoms with E-state index in [0.29, 0.717) is 25.7 Å². The highest BCUT2D eigenvalue weighted by atomic mass is 19.4. The number of halogens is 3. The Morgan fingerprint density at radius 3 is 2.42 bits per heavy atom. The maximum absolute atomic E-state index is 12.6. The molecule has 0 radical (unpaired) electrons. The van der Waals surface area contributed by atoms with Gasteiger partial charge in [-0.3, -0.25) is 0 Å². The lowest BCUT2D eigenvalue weighted by molar-refractivity contribution is -0.141. The molecule has 0 bridgehead atoms. The number of hydrogen-bond acceptors (Lipinski definition) is 5. The van der Waals surface area contributed by atoms with Crippen molar-refractivity contribution in [1.29, 1.82) is 0 Å². The second-order valence-corrected chi connectivity index (χ2v) is 4.64. The van der Waals surface area contributed by atoms with Crippen LogP contribution in [0.3, 0.4) is 0 Å². The summed E-state index contributed by atoms with van der Waals surface area (Å²) in [6, 6.07) is 0.847. The van der Waals surface area contributed by atoms with Crippen molar-refractivity contribution < 1.29 is 18.3 Å². The Labute approximate surface area is 108 Å². The van der Waals surface area contributed by atoms with Crippen molar-refractivity contribution in [3.05, 3.63) is 11.8 Å². The zero-order valence-electron chi connectivity index (χ0n) is 10.1. The molecule has 1 heterocycles. The summed E-state index contributed by atoms with van der Waals surface area (Å²) in [6.45, 7) is 0. The van der Waals surface area contributed by atoms with Crippen molar-refractivity contribution in [1.82, 2.24) is 9.97 Å². The Hall–Kier alpha value is -1.57. The third-order valence-electron chi connectivity index (χ3n) is 3.08. The second-order valence-electron chi connectivity index (χ2n) is 4.64. The molecule has 1 aliphatic carbocycles. The van der Waals surface area contributed by atoms with Crippen LogP contribution in [0.15, 0.2) is 6.07 Å². The molecule has 0 saturated heterocycles. The van der Waals surface area contributed by atoms with E-state index in [1.807, 2.05) is 0 Å². The molecule has 4 N–H and O–H groups in total. The number of alkyl halides is 3. The van der Waals surface area contributed by atoms with Crippen molar-refractivity contribution in [2.75, 3.05) is 11.1 Å². The largest absolute Gasteiger partial charge is 0.433 e. The van der Waals surface area contributed by atoms with E-state index >= 15 is 0 Å². The molecule has 5 nitrogen and oxygen atoms in total. The van der Waals surface area contributed by atoms with Gasteiger partial charge in [-0.05, 0) is 25.7 Å². The molecule has 0 amide bonds. The quantitative estimate of drug-likeness (QED) is 0.767. The molecule has 106 valence electrons. The average molecular weight is 276 g/mol. The molecule has 0 aromatic carbocycles. The van der Waals surface area contributed by atoms with Crippen LogP contribution in [0.4, 0.5) is 24.9 Å². The fraction of sp³-hybridized carbons (Fsp3) is 0.636. The fourth-order valence-corrected chi connectivity index (χ4v) is 2.11. The van der Waals surface area contributed by atoms with Crippen LogP contribution >= 0.6 is 0 Å². The Bertz CT molecular complexity index is 444. The second kappa shape index (κ2) is 5.20. The number of nitrogens with two attached hydrogens (primary N) is 1. The summed E-state index contributed by atoms with van der Waals surface area (Å²) < 4.78 is 37.7. The molecular weight excluding hydrogens is 261 g/mol. The summed E-state index contributed by atoms with van der Waals surface area (Å²) in [6.07, 6.45) is -2.23. The normalized spacial score (nSPS) is 24.2. The van der Waals surface area contributed by atoms with Crippen LogP contribution in [0.25, 0.3) is 0 Å². The first-order valence-electron chi connectivity index (χ1n) is 6.01. The molecule has 0 spiro atoms. The van der Waals surface area contributed by atoms with Gasteiger partial charge in [-0.2, -0.15) is 18.2 Å². The number of nitrogens with one attached hydrogen (secondary N) is 1. The predicted molar refractivity (Wildman–Crippen MR) is 63.3 cm³/mol. The van der Waals surface area contributed by atoms with Crippen LogP contribution in [0.1, 0.15) is 31.4 Å². The summed E-state index contributed by atoms with van der Waals surface area (Å²) in [5.74, 6) is -0.339. The van der Waals surface area contributed by atoms with Crippen LogP contribution in [-0.4, -0.2) is 27.2 Å². The van der Waals surface area contributed by atoms with Crippen LogP contribution < -0.4 is 11.1 Å². The first-order valence-corrected chi connectivity index (χ1v) is 6.01. The summed E-state index contributed by atoms with van der Waals surface area (Å²) >= 11 is 0. The molecule has 1 saturated carbocycles. The van der Waals surface area contributed by atoms with Crippen molar-refractivity contribution in [2.24, 2.45) is 0 Å². The highest BCUT2D eigenvalue weighted by molar-refractivity contribution is 5.42. The van der Waals surface area contributed by atoms with E-state index in [2.05, 4.69) is 15.3 Å². The van der Waals surface area contributed by atoms with Gasteiger partial charge < -0.3 is 16.2 Å². The number of rotatable bonds is 2. The zero-order valence-corrected chi connectivity index (χ0v) is 10.1. The topological polar surface area (TPSA) is 84.1 Å². The minimum Gasteiger partial charge on any atom is -0.393 e. The number of nitrogen functional groups attached to an aromatic ring is 1.